The Balaban J connectivity index is 2.21. The summed E-state index contributed by atoms with van der Waals surface area (Å²) >= 11 is 1.29. The monoisotopic (exact) mass is 346 g/mol. The van der Waals surface area contributed by atoms with Crippen LogP contribution in [0.15, 0.2) is 30.5 Å². The standard InChI is InChI=1S/C18H22N2O3S/c1-11-19-10-15(24-11)17(23)20-14(9-16(21)22)12-5-7-13(8-6-12)18(2,3)4/h5-8,10,14H,9H2,1-4H3,(H,20,23)(H,21,22). The molecule has 1 amide bonds. The van der Waals surface area contributed by atoms with E-state index in [0.29, 0.717) is 4.88 Å². The molecule has 0 bridgehead atoms. The lowest BCUT2D eigenvalue weighted by molar-refractivity contribution is -0.137. The molecule has 1 aromatic carbocycles. The highest BCUT2D eigenvalue weighted by Crippen LogP contribution is 2.25. The summed E-state index contributed by atoms with van der Waals surface area (Å²) in [7, 11) is 0. The fraction of sp³-hybridized carbons (Fsp3) is 0.389. The summed E-state index contributed by atoms with van der Waals surface area (Å²) in [5.74, 6) is -1.26. The second-order valence-electron chi connectivity index (χ2n) is 6.74. The van der Waals surface area contributed by atoms with Gasteiger partial charge in [-0.25, -0.2) is 4.98 Å². The number of aromatic nitrogens is 1. The van der Waals surface area contributed by atoms with Crippen LogP contribution >= 0.6 is 11.3 Å². The van der Waals surface area contributed by atoms with E-state index >= 15 is 0 Å². The predicted octanol–water partition coefficient (Wildman–Crippen LogP) is 3.69. The van der Waals surface area contributed by atoms with Crippen molar-refractivity contribution in [3.63, 3.8) is 0 Å². The van der Waals surface area contributed by atoms with E-state index in [0.717, 1.165) is 16.1 Å². The highest BCUT2D eigenvalue weighted by molar-refractivity contribution is 7.13. The fourth-order valence-electron chi connectivity index (χ4n) is 2.34. The molecule has 1 heterocycles. The molecule has 2 N–H and O–H groups in total. The van der Waals surface area contributed by atoms with Gasteiger partial charge in [-0.15, -0.1) is 11.3 Å². The number of benzene rings is 1. The van der Waals surface area contributed by atoms with Gasteiger partial charge in [0.05, 0.1) is 23.7 Å². The van der Waals surface area contributed by atoms with E-state index in [-0.39, 0.29) is 17.7 Å². The Labute approximate surface area is 145 Å². The fourth-order valence-corrected chi connectivity index (χ4v) is 3.02. The third-order valence-corrected chi connectivity index (χ3v) is 4.62. The minimum absolute atomic E-state index is 0.0181. The van der Waals surface area contributed by atoms with Crippen LogP contribution in [0, 0.1) is 6.92 Å². The number of nitrogens with zero attached hydrogens (tertiary/aromatic N) is 1. The van der Waals surface area contributed by atoms with Crippen molar-refractivity contribution in [1.29, 1.82) is 0 Å². The van der Waals surface area contributed by atoms with Gasteiger partial charge in [0.1, 0.15) is 4.88 Å². The predicted molar refractivity (Wildman–Crippen MR) is 94.5 cm³/mol. The summed E-state index contributed by atoms with van der Waals surface area (Å²) in [6, 6.07) is 7.14. The second-order valence-corrected chi connectivity index (χ2v) is 7.97. The summed E-state index contributed by atoms with van der Waals surface area (Å²) < 4.78 is 0. The highest BCUT2D eigenvalue weighted by Gasteiger charge is 2.21. The quantitative estimate of drug-likeness (QED) is 0.865. The molecule has 0 saturated carbocycles. The summed E-state index contributed by atoms with van der Waals surface area (Å²) in [4.78, 5) is 28.0. The van der Waals surface area contributed by atoms with Crippen molar-refractivity contribution >= 4 is 23.2 Å². The molecule has 1 unspecified atom stereocenters. The van der Waals surface area contributed by atoms with Gasteiger partial charge in [-0.1, -0.05) is 45.0 Å². The Kier molecular flexibility index (Phi) is 5.39. The normalized spacial score (nSPS) is 12.7. The topological polar surface area (TPSA) is 79.3 Å². The smallest absolute Gasteiger partial charge is 0.305 e. The van der Waals surface area contributed by atoms with Crippen molar-refractivity contribution in [1.82, 2.24) is 10.3 Å². The lowest BCUT2D eigenvalue weighted by atomic mass is 9.86. The van der Waals surface area contributed by atoms with Crippen LogP contribution in [0.5, 0.6) is 0 Å². The first-order valence-corrected chi connectivity index (χ1v) is 8.54. The number of thiazole rings is 1. The van der Waals surface area contributed by atoms with Gasteiger partial charge in [0, 0.05) is 0 Å². The molecule has 2 aromatic rings. The van der Waals surface area contributed by atoms with E-state index in [2.05, 4.69) is 31.1 Å². The van der Waals surface area contributed by atoms with E-state index in [1.807, 2.05) is 31.2 Å². The SMILES string of the molecule is Cc1ncc(C(=O)NC(CC(=O)O)c2ccc(C(C)(C)C)cc2)s1. The highest BCUT2D eigenvalue weighted by atomic mass is 32.1. The van der Waals surface area contributed by atoms with Gasteiger partial charge in [-0.3, -0.25) is 9.59 Å². The van der Waals surface area contributed by atoms with E-state index in [9.17, 15) is 9.59 Å². The van der Waals surface area contributed by atoms with Gasteiger partial charge >= 0.3 is 5.97 Å². The first-order valence-electron chi connectivity index (χ1n) is 7.72. The van der Waals surface area contributed by atoms with Gasteiger partial charge < -0.3 is 10.4 Å². The molecule has 0 fully saturated rings. The third-order valence-electron chi connectivity index (χ3n) is 3.71. The minimum Gasteiger partial charge on any atom is -0.481 e. The van der Waals surface area contributed by atoms with Crippen molar-refractivity contribution in [3.8, 4) is 0 Å². The molecule has 5 nitrogen and oxygen atoms in total. The second kappa shape index (κ2) is 7.13. The number of amides is 1. The number of hydrogen-bond acceptors (Lipinski definition) is 4. The number of carboxylic acid groups (broad SMARTS) is 1. The van der Waals surface area contributed by atoms with Crippen LogP contribution in [0.3, 0.4) is 0 Å². The van der Waals surface area contributed by atoms with Crippen LogP contribution in [-0.4, -0.2) is 22.0 Å². The Morgan fingerprint density at radius 3 is 2.33 bits per heavy atom. The van der Waals surface area contributed by atoms with Crippen molar-refractivity contribution in [2.45, 2.75) is 45.6 Å². The molecule has 0 radical (unpaired) electrons. The molecule has 2 rings (SSSR count). The number of hydrogen-bond donors (Lipinski definition) is 2. The van der Waals surface area contributed by atoms with Gasteiger partial charge in [0.25, 0.3) is 5.91 Å². The van der Waals surface area contributed by atoms with Gasteiger partial charge in [-0.05, 0) is 23.5 Å². The van der Waals surface area contributed by atoms with E-state index in [1.54, 1.807) is 0 Å². The van der Waals surface area contributed by atoms with Crippen molar-refractivity contribution in [2.75, 3.05) is 0 Å². The van der Waals surface area contributed by atoms with Crippen molar-refractivity contribution in [2.24, 2.45) is 0 Å². The molecule has 0 aliphatic heterocycles. The minimum atomic E-state index is -0.958. The lowest BCUT2D eigenvalue weighted by Gasteiger charge is -2.21. The maximum atomic E-state index is 12.3. The van der Waals surface area contributed by atoms with Crippen LogP contribution in [-0.2, 0) is 10.2 Å². The number of aliphatic carboxylic acids is 1. The average molecular weight is 346 g/mol. The molecule has 0 saturated heterocycles. The summed E-state index contributed by atoms with van der Waals surface area (Å²) in [5.41, 5.74) is 1.95. The Bertz CT molecular complexity index is 729. The van der Waals surface area contributed by atoms with Crippen molar-refractivity contribution < 1.29 is 14.7 Å². The molecule has 24 heavy (non-hydrogen) atoms. The van der Waals surface area contributed by atoms with Gasteiger partial charge in [0.2, 0.25) is 0 Å². The summed E-state index contributed by atoms with van der Waals surface area (Å²) in [5, 5.41) is 12.8. The lowest BCUT2D eigenvalue weighted by Crippen LogP contribution is -2.29. The first-order chi connectivity index (χ1) is 11.2. The van der Waals surface area contributed by atoms with E-state index < -0.39 is 12.0 Å². The van der Waals surface area contributed by atoms with Gasteiger partial charge in [0.15, 0.2) is 0 Å². The maximum Gasteiger partial charge on any atom is 0.305 e. The number of rotatable bonds is 5. The third kappa shape index (κ3) is 4.64. The first kappa shape index (κ1) is 18.1. The van der Waals surface area contributed by atoms with Crippen LogP contribution in [0.1, 0.15) is 59.0 Å². The largest absolute Gasteiger partial charge is 0.481 e. The molecule has 1 atom stereocenters. The zero-order chi connectivity index (χ0) is 17.9. The maximum absolute atomic E-state index is 12.3. The molecule has 0 spiro atoms. The molecule has 0 aliphatic carbocycles. The van der Waals surface area contributed by atoms with Crippen LogP contribution < -0.4 is 5.32 Å². The zero-order valence-electron chi connectivity index (χ0n) is 14.3. The van der Waals surface area contributed by atoms with Crippen LogP contribution in [0.4, 0.5) is 0 Å². The summed E-state index contributed by atoms with van der Waals surface area (Å²) in [6.45, 7) is 8.17. The molecule has 6 heteroatoms. The number of aryl methyl sites for hydroxylation is 1. The Morgan fingerprint density at radius 1 is 1.25 bits per heavy atom. The number of nitrogens with one attached hydrogen (secondary N) is 1. The van der Waals surface area contributed by atoms with Crippen molar-refractivity contribution in [3.05, 3.63) is 51.5 Å². The summed E-state index contributed by atoms with van der Waals surface area (Å²) in [6.07, 6.45) is 1.34. The van der Waals surface area contributed by atoms with Crippen LogP contribution in [0.2, 0.25) is 0 Å². The zero-order valence-corrected chi connectivity index (χ0v) is 15.1. The molecule has 1 aromatic heterocycles. The molecular formula is C18H22N2O3S. The Morgan fingerprint density at radius 2 is 1.88 bits per heavy atom. The van der Waals surface area contributed by atoms with E-state index in [1.165, 1.54) is 17.5 Å². The number of carbonyl (C=O) groups excluding carboxylic acids is 1. The number of carboxylic acids is 1. The van der Waals surface area contributed by atoms with E-state index in [4.69, 9.17) is 5.11 Å². The van der Waals surface area contributed by atoms with Crippen LogP contribution in [0.25, 0.3) is 0 Å². The average Bonchev–Trinajstić information content (AvgIpc) is 2.92. The molecular weight excluding hydrogens is 324 g/mol. The molecule has 0 aliphatic rings. The molecule has 128 valence electrons. The Hall–Kier alpha value is -2.21. The number of carbonyl (C=O) groups is 2. The van der Waals surface area contributed by atoms with Gasteiger partial charge in [-0.2, -0.15) is 0 Å².